The lowest BCUT2D eigenvalue weighted by Crippen LogP contribution is -2.75. The molecule has 6 aliphatic rings. The van der Waals surface area contributed by atoms with Crippen molar-refractivity contribution >= 4 is 22.9 Å². The molecule has 8 heterocycles. The summed E-state index contributed by atoms with van der Waals surface area (Å²) in [5, 5.41) is 129. The van der Waals surface area contributed by atoms with Gasteiger partial charge in [0, 0.05) is 71.4 Å². The number of ether oxygens (including phenoxy) is 4. The van der Waals surface area contributed by atoms with Gasteiger partial charge in [0.05, 0.1) is 12.6 Å². The van der Waals surface area contributed by atoms with Crippen molar-refractivity contribution in [1.82, 2.24) is 15.6 Å². The number of dihydropyridines is 1. The van der Waals surface area contributed by atoms with E-state index in [2.05, 4.69) is 27.5 Å². The van der Waals surface area contributed by atoms with E-state index in [1.807, 2.05) is 13.0 Å². The molecule has 22 nitrogen and oxygen atoms in total. The minimum Gasteiger partial charge on any atom is -0.507 e. The summed E-state index contributed by atoms with van der Waals surface area (Å²) in [5.41, 5.74) is -5.30. The van der Waals surface area contributed by atoms with Crippen LogP contribution < -0.4 is 20.8 Å². The largest absolute Gasteiger partial charge is 0.507 e. The molecular weight excluding hydrogens is 935 g/mol. The highest BCUT2D eigenvalue weighted by molar-refractivity contribution is 5.90. The summed E-state index contributed by atoms with van der Waals surface area (Å²) in [6.45, 7) is 2.34. The number of nitrogens with one attached hydrogen (secondary N) is 3. The zero-order valence-corrected chi connectivity index (χ0v) is 37.5. The first kappa shape index (κ1) is 47.9. The van der Waals surface area contributed by atoms with Gasteiger partial charge in [-0.05, 0) is 60.7 Å². The number of carboxylic acids is 1. The minimum atomic E-state index is -3.02. The highest BCUT2D eigenvalue weighted by Gasteiger charge is 2.69. The number of carbonyl (C=O) groups excluding carboxylic acids is 1. The molecule has 3 fully saturated rings. The summed E-state index contributed by atoms with van der Waals surface area (Å²) in [6, 6.07) is 8.04. The minimum absolute atomic E-state index is 0.0560. The maximum Gasteiger partial charge on any atom is 0.351 e. The SMILES string of the molecule is CC1CCNC2NC=C(C3C=C(Cc4ccc[nH]4)C4(Oc5cc6oc(-c7cc(O)c(O)c(CCO)c7)cc(=O)c6c(O)c53)OC3(CC#CC5(C(=O)O)OC(OC3=O)C(O)C(O)C5O)C(O)C(O)C4O)C=C12. The Morgan fingerprint density at radius 3 is 2.48 bits per heavy atom. The number of fused-ring (bicyclic) bond motifs is 5. The van der Waals surface area contributed by atoms with E-state index >= 15 is 0 Å². The monoisotopic (exact) mass is 983 g/mol. The van der Waals surface area contributed by atoms with Gasteiger partial charge in [0.25, 0.3) is 11.4 Å². The third-order valence-electron chi connectivity index (χ3n) is 14.2. The van der Waals surface area contributed by atoms with Crippen LogP contribution in [0.4, 0.5) is 0 Å². The highest BCUT2D eigenvalue weighted by Crippen LogP contribution is 2.54. The predicted molar refractivity (Wildman–Crippen MR) is 241 cm³/mol. The van der Waals surface area contributed by atoms with Crippen LogP contribution in [0.5, 0.6) is 23.0 Å². The van der Waals surface area contributed by atoms with Crippen LogP contribution >= 0.6 is 0 Å². The Morgan fingerprint density at radius 1 is 0.958 bits per heavy atom. The molecule has 13 unspecified atom stereocenters. The third-order valence-corrected chi connectivity index (χ3v) is 14.2. The Balaban J connectivity index is 1.22. The standard InChI is InChI=1S/C49H49N3O19/c1-20-5-10-51-43-26(20)13-23(19-52-43)27-16-24(15-25-4-2-9-50-25)49(69-32-18-31-34(36(57)33(27)32)28(54)17-30(67-31)22-12-21(6-11-53)35(56)29(55)14-22)42(63)39(60)41(62)48(71-49)8-3-7-47(45(64)65)40(61)37(58)38(59)44(70-47)68-46(48)66/h2,4,9,12-14,16-20,27,37-44,50-53,55-63H,5-6,8,10-11,15H2,1H3,(H,64,65). The molecule has 6 aliphatic heterocycles. The van der Waals surface area contributed by atoms with E-state index in [-0.39, 0.29) is 69.7 Å². The number of allylic oxidation sites excluding steroid dienone is 3. The number of rotatable bonds is 7. The fourth-order valence-corrected chi connectivity index (χ4v) is 10.3. The number of aliphatic hydroxyl groups is 7. The molecule has 0 radical (unpaired) electrons. The molecule has 4 aromatic rings. The molecule has 2 bridgehead atoms. The smallest absolute Gasteiger partial charge is 0.351 e. The Kier molecular flexibility index (Phi) is 11.8. The normalized spacial score (nSPS) is 34.3. The molecule has 374 valence electrons. The number of esters is 1. The topological polar surface area (TPSA) is 364 Å². The second-order valence-electron chi connectivity index (χ2n) is 18.5. The number of hydrogen-bond donors (Lipinski definition) is 14. The fraction of sp³-hybridized carbons (Fsp3) is 0.408. The van der Waals surface area contributed by atoms with Crippen molar-refractivity contribution in [1.29, 1.82) is 0 Å². The summed E-state index contributed by atoms with van der Waals surface area (Å²) >= 11 is 0. The van der Waals surface area contributed by atoms with Crippen molar-refractivity contribution in [2.75, 3.05) is 13.2 Å². The molecule has 0 amide bonds. The van der Waals surface area contributed by atoms with Crippen LogP contribution in [0.2, 0.25) is 0 Å². The number of phenols is 3. The second kappa shape index (κ2) is 17.5. The number of aliphatic carboxylic acids is 1. The van der Waals surface area contributed by atoms with E-state index in [0.29, 0.717) is 17.8 Å². The van der Waals surface area contributed by atoms with E-state index < -0.39 is 113 Å². The van der Waals surface area contributed by atoms with Crippen LogP contribution in [-0.2, 0) is 36.6 Å². The van der Waals surface area contributed by atoms with Gasteiger partial charge in [-0.25, -0.2) is 9.59 Å². The summed E-state index contributed by atoms with van der Waals surface area (Å²) < 4.78 is 30.6. The number of carbonyl (C=O) groups is 2. The zero-order chi connectivity index (χ0) is 50.5. The second-order valence-corrected chi connectivity index (χ2v) is 18.5. The number of H-pyrrole nitrogens is 1. The molecule has 0 aliphatic carbocycles. The van der Waals surface area contributed by atoms with Crippen LogP contribution in [0, 0.1) is 17.8 Å². The molecule has 0 saturated carbocycles. The number of aliphatic hydroxyl groups excluding tert-OH is 7. The van der Waals surface area contributed by atoms with Gasteiger partial charge in [0.15, 0.2) is 23.0 Å². The van der Waals surface area contributed by atoms with Gasteiger partial charge < -0.3 is 89.8 Å². The van der Waals surface area contributed by atoms with Gasteiger partial charge in [-0.3, -0.25) is 10.1 Å². The molecule has 10 rings (SSSR count). The van der Waals surface area contributed by atoms with Crippen molar-refractivity contribution < 1.29 is 89.1 Å². The highest BCUT2D eigenvalue weighted by atomic mass is 16.8. The zero-order valence-electron chi connectivity index (χ0n) is 37.5. The number of benzene rings is 2. The lowest BCUT2D eigenvalue weighted by atomic mass is 9.77. The van der Waals surface area contributed by atoms with E-state index in [1.54, 1.807) is 24.5 Å². The molecule has 2 aromatic heterocycles. The van der Waals surface area contributed by atoms with Crippen molar-refractivity contribution in [3.63, 3.8) is 0 Å². The lowest BCUT2D eigenvalue weighted by Gasteiger charge is -2.53. The molecule has 2 spiro atoms. The number of phenolic OH excluding ortho intramolecular Hbond substituents is 3. The van der Waals surface area contributed by atoms with Crippen molar-refractivity contribution in [3.8, 4) is 46.2 Å². The van der Waals surface area contributed by atoms with Crippen LogP contribution in [0.15, 0.2) is 86.9 Å². The number of piperidine rings is 1. The first-order chi connectivity index (χ1) is 33.8. The van der Waals surface area contributed by atoms with Crippen LogP contribution in [0.25, 0.3) is 22.3 Å². The summed E-state index contributed by atoms with van der Waals surface area (Å²) in [5.74, 6) is -5.34. The Bertz CT molecular complexity index is 3060. The number of hydrogen-bond acceptors (Lipinski definition) is 20. The molecule has 3 saturated heterocycles. The summed E-state index contributed by atoms with van der Waals surface area (Å²) in [6.07, 6.45) is -10.9. The Hall–Kier alpha value is -6.75. The average molecular weight is 984 g/mol. The number of aromatic hydroxyl groups is 3. The van der Waals surface area contributed by atoms with Crippen molar-refractivity contribution in [3.05, 3.63) is 105 Å². The van der Waals surface area contributed by atoms with E-state index in [1.165, 1.54) is 18.2 Å². The molecule has 2 aromatic carbocycles. The summed E-state index contributed by atoms with van der Waals surface area (Å²) in [4.78, 5) is 44.8. The van der Waals surface area contributed by atoms with E-state index in [9.17, 15) is 70.6 Å². The Labute approximate surface area is 401 Å². The van der Waals surface area contributed by atoms with Gasteiger partial charge in [0.2, 0.25) is 11.9 Å². The number of carboxylic acid groups (broad SMARTS) is 1. The molecule has 22 heteroatoms. The third kappa shape index (κ3) is 7.47. The lowest BCUT2D eigenvalue weighted by molar-refractivity contribution is -0.354. The molecular formula is C49H49N3O19. The predicted octanol–water partition coefficient (Wildman–Crippen LogP) is -0.785. The number of aromatic nitrogens is 1. The summed E-state index contributed by atoms with van der Waals surface area (Å²) in [7, 11) is 0. The van der Waals surface area contributed by atoms with E-state index in [0.717, 1.165) is 24.1 Å². The number of aromatic amines is 1. The Morgan fingerprint density at radius 2 is 1.75 bits per heavy atom. The first-order valence-electron chi connectivity index (χ1n) is 22.7. The van der Waals surface area contributed by atoms with Gasteiger partial charge in [-0.2, -0.15) is 0 Å². The molecule has 71 heavy (non-hydrogen) atoms. The molecule has 13 atom stereocenters. The van der Waals surface area contributed by atoms with Gasteiger partial charge in [-0.1, -0.05) is 30.9 Å². The fourth-order valence-electron chi connectivity index (χ4n) is 10.3. The maximum atomic E-state index is 14.8. The van der Waals surface area contributed by atoms with Gasteiger partial charge >= 0.3 is 11.9 Å². The average Bonchev–Trinajstić information content (AvgIpc) is 3.83. The molecule has 14 N–H and O–H groups in total. The quantitative estimate of drug-likeness (QED) is 0.0467. The van der Waals surface area contributed by atoms with Crippen LogP contribution in [-0.4, -0.2) is 152 Å². The van der Waals surface area contributed by atoms with Crippen LogP contribution in [0.1, 0.15) is 42.5 Å². The van der Waals surface area contributed by atoms with Crippen molar-refractivity contribution in [2.24, 2.45) is 5.92 Å². The first-order valence-corrected chi connectivity index (χ1v) is 22.7. The van der Waals surface area contributed by atoms with Gasteiger partial charge in [0.1, 0.15) is 58.7 Å². The van der Waals surface area contributed by atoms with Gasteiger partial charge in [-0.15, -0.1) is 0 Å². The maximum absolute atomic E-state index is 14.8. The van der Waals surface area contributed by atoms with Crippen molar-refractivity contribution in [2.45, 2.75) is 105 Å². The van der Waals surface area contributed by atoms with E-state index in [4.69, 9.17) is 23.4 Å². The van der Waals surface area contributed by atoms with Crippen LogP contribution in [0.3, 0.4) is 0 Å².